The van der Waals surface area contributed by atoms with Gasteiger partial charge < -0.3 is 14.4 Å². The van der Waals surface area contributed by atoms with E-state index in [1.807, 2.05) is 31.2 Å². The first kappa shape index (κ1) is 15.3. The summed E-state index contributed by atoms with van der Waals surface area (Å²) < 4.78 is 12.2. The van der Waals surface area contributed by atoms with E-state index in [4.69, 9.17) is 9.47 Å². The molecule has 0 aliphatic carbocycles. The number of hydrogen-bond acceptors (Lipinski definition) is 6. The maximum absolute atomic E-state index is 6.16. The summed E-state index contributed by atoms with van der Waals surface area (Å²) in [4.78, 5) is 6.38. The largest absolute Gasteiger partial charge is 0.486 e. The van der Waals surface area contributed by atoms with Crippen molar-refractivity contribution < 1.29 is 9.47 Å². The summed E-state index contributed by atoms with van der Waals surface area (Å²) in [7, 11) is 0. The van der Waals surface area contributed by atoms with E-state index in [0.29, 0.717) is 6.61 Å². The first-order chi connectivity index (χ1) is 11.7. The Bertz CT molecular complexity index is 669. The predicted molar refractivity (Wildman–Crippen MR) is 90.2 cm³/mol. The number of hydrogen-bond donors (Lipinski definition) is 0. The molecule has 2 aromatic rings. The third kappa shape index (κ3) is 3.19. The zero-order chi connectivity index (χ0) is 16.4. The smallest absolute Gasteiger partial charge is 0.151 e. The fourth-order valence-corrected chi connectivity index (χ4v) is 3.54. The van der Waals surface area contributed by atoms with E-state index in [1.165, 1.54) is 0 Å². The highest BCUT2D eigenvalue weighted by atomic mass is 16.6. The summed E-state index contributed by atoms with van der Waals surface area (Å²) in [5.74, 6) is 1.77. The fraction of sp³-hybridized carbons (Fsp3) is 0.500. The molecule has 2 saturated heterocycles. The van der Waals surface area contributed by atoms with Crippen molar-refractivity contribution in [2.24, 2.45) is 0 Å². The van der Waals surface area contributed by atoms with Gasteiger partial charge in [0.05, 0.1) is 24.1 Å². The number of piperidine rings is 1. The Kier molecular flexibility index (Phi) is 4.06. The molecule has 0 amide bonds. The molecule has 4 rings (SSSR count). The second kappa shape index (κ2) is 6.36. The molecule has 1 spiro atoms. The van der Waals surface area contributed by atoms with Crippen molar-refractivity contribution >= 4 is 5.82 Å². The number of nitrogens with zero attached hydrogens (tertiary/aromatic N) is 4. The molecular weight excluding hydrogens is 304 g/mol. The van der Waals surface area contributed by atoms with Crippen LogP contribution in [-0.4, -0.2) is 46.6 Å². The zero-order valence-corrected chi connectivity index (χ0v) is 13.9. The monoisotopic (exact) mass is 326 g/mol. The van der Waals surface area contributed by atoms with E-state index < -0.39 is 0 Å². The van der Waals surface area contributed by atoms with Gasteiger partial charge in [-0.1, -0.05) is 0 Å². The maximum Gasteiger partial charge on any atom is 0.151 e. The van der Waals surface area contributed by atoms with Gasteiger partial charge in [0.15, 0.2) is 5.82 Å². The van der Waals surface area contributed by atoms with Crippen LogP contribution in [0.5, 0.6) is 5.75 Å². The number of aromatic nitrogens is 3. The minimum absolute atomic E-state index is 0.0541. The molecule has 126 valence electrons. The number of pyridine rings is 1. The van der Waals surface area contributed by atoms with Gasteiger partial charge in [-0.15, -0.1) is 5.10 Å². The van der Waals surface area contributed by atoms with Crippen LogP contribution in [0.1, 0.15) is 25.0 Å². The first-order valence-electron chi connectivity index (χ1n) is 8.48. The molecule has 2 aliphatic heterocycles. The third-order valence-electron chi connectivity index (χ3n) is 4.89. The van der Waals surface area contributed by atoms with Gasteiger partial charge in [-0.2, -0.15) is 5.10 Å². The van der Waals surface area contributed by atoms with Crippen LogP contribution >= 0.6 is 0 Å². The standard InChI is InChI=1S/C18H22N4O2/c1-14-4-5-17(21-20-14)22-9-6-18(7-10-22)11-16(13-23-18)24-15-3-2-8-19-12-15/h2-5,8,12,16H,6-7,9-11,13H2,1H3/t16-/m1/s1. The van der Waals surface area contributed by atoms with Crippen molar-refractivity contribution in [2.45, 2.75) is 37.9 Å². The van der Waals surface area contributed by atoms with E-state index in [0.717, 1.165) is 49.6 Å². The fourth-order valence-electron chi connectivity index (χ4n) is 3.54. The van der Waals surface area contributed by atoms with Crippen LogP contribution in [0, 0.1) is 6.92 Å². The minimum Gasteiger partial charge on any atom is -0.486 e. The average molecular weight is 326 g/mol. The maximum atomic E-state index is 6.16. The summed E-state index contributed by atoms with van der Waals surface area (Å²) in [5.41, 5.74) is 0.892. The van der Waals surface area contributed by atoms with Crippen LogP contribution in [0.3, 0.4) is 0 Å². The molecule has 0 bridgehead atoms. The lowest BCUT2D eigenvalue weighted by Crippen LogP contribution is -2.44. The van der Waals surface area contributed by atoms with Gasteiger partial charge in [0.1, 0.15) is 11.9 Å². The van der Waals surface area contributed by atoms with Crippen LogP contribution in [-0.2, 0) is 4.74 Å². The van der Waals surface area contributed by atoms with Crippen LogP contribution in [0.25, 0.3) is 0 Å². The molecule has 0 unspecified atom stereocenters. The lowest BCUT2D eigenvalue weighted by Gasteiger charge is -2.38. The highest BCUT2D eigenvalue weighted by molar-refractivity contribution is 5.38. The molecule has 0 saturated carbocycles. The number of anilines is 1. The van der Waals surface area contributed by atoms with Gasteiger partial charge in [-0.25, -0.2) is 0 Å². The molecule has 2 aromatic heterocycles. The normalized spacial score (nSPS) is 22.7. The second-order valence-electron chi connectivity index (χ2n) is 6.65. The molecule has 1 atom stereocenters. The Hall–Kier alpha value is -2.21. The molecule has 24 heavy (non-hydrogen) atoms. The molecule has 0 aromatic carbocycles. The Morgan fingerprint density at radius 3 is 2.79 bits per heavy atom. The lowest BCUT2D eigenvalue weighted by atomic mass is 9.88. The third-order valence-corrected chi connectivity index (χ3v) is 4.89. The van der Waals surface area contributed by atoms with Gasteiger partial charge in [-0.05, 0) is 44.0 Å². The average Bonchev–Trinajstić information content (AvgIpc) is 3.00. The Balaban J connectivity index is 1.34. The molecule has 6 heteroatoms. The summed E-state index contributed by atoms with van der Waals surface area (Å²) >= 11 is 0. The van der Waals surface area contributed by atoms with Crippen LogP contribution in [0.2, 0.25) is 0 Å². The number of rotatable bonds is 3. The summed E-state index contributed by atoms with van der Waals surface area (Å²) in [5, 5.41) is 8.44. The van der Waals surface area contributed by atoms with E-state index in [2.05, 4.69) is 20.1 Å². The van der Waals surface area contributed by atoms with E-state index in [9.17, 15) is 0 Å². The Morgan fingerprint density at radius 2 is 2.08 bits per heavy atom. The van der Waals surface area contributed by atoms with Crippen molar-refractivity contribution in [1.82, 2.24) is 15.2 Å². The Morgan fingerprint density at radius 1 is 1.21 bits per heavy atom. The van der Waals surface area contributed by atoms with E-state index >= 15 is 0 Å². The van der Waals surface area contributed by atoms with Gasteiger partial charge in [0.2, 0.25) is 0 Å². The number of aryl methyl sites for hydroxylation is 1. The van der Waals surface area contributed by atoms with Crippen molar-refractivity contribution in [1.29, 1.82) is 0 Å². The van der Waals surface area contributed by atoms with Gasteiger partial charge in [0, 0.05) is 25.7 Å². The topological polar surface area (TPSA) is 60.4 Å². The molecule has 6 nitrogen and oxygen atoms in total. The predicted octanol–water partition coefficient (Wildman–Crippen LogP) is 2.39. The zero-order valence-electron chi connectivity index (χ0n) is 13.9. The van der Waals surface area contributed by atoms with Gasteiger partial charge in [0.25, 0.3) is 0 Å². The molecule has 2 aliphatic rings. The van der Waals surface area contributed by atoms with Crippen LogP contribution in [0.15, 0.2) is 36.7 Å². The molecule has 0 radical (unpaired) electrons. The van der Waals surface area contributed by atoms with Crippen LogP contribution < -0.4 is 9.64 Å². The molecule has 4 heterocycles. The van der Waals surface area contributed by atoms with E-state index in [-0.39, 0.29) is 11.7 Å². The number of ether oxygens (including phenoxy) is 2. The van der Waals surface area contributed by atoms with Gasteiger partial charge >= 0.3 is 0 Å². The SMILES string of the molecule is Cc1ccc(N2CCC3(CC2)C[C@@H](Oc2cccnc2)CO3)nn1. The highest BCUT2D eigenvalue weighted by Gasteiger charge is 2.43. The summed E-state index contributed by atoms with van der Waals surface area (Å²) in [6, 6.07) is 7.89. The molecular formula is C18H22N4O2. The lowest BCUT2D eigenvalue weighted by molar-refractivity contribution is -0.0163. The van der Waals surface area contributed by atoms with Crippen molar-refractivity contribution in [3.8, 4) is 5.75 Å². The highest BCUT2D eigenvalue weighted by Crippen LogP contribution is 2.38. The van der Waals surface area contributed by atoms with Crippen LogP contribution in [0.4, 0.5) is 5.82 Å². The van der Waals surface area contributed by atoms with Crippen molar-refractivity contribution in [3.05, 3.63) is 42.4 Å². The molecule has 2 fully saturated rings. The molecule has 0 N–H and O–H groups in total. The summed E-state index contributed by atoms with van der Waals surface area (Å²) in [6.07, 6.45) is 6.55. The van der Waals surface area contributed by atoms with E-state index in [1.54, 1.807) is 12.4 Å². The quantitative estimate of drug-likeness (QED) is 0.863. The van der Waals surface area contributed by atoms with Crippen molar-refractivity contribution in [3.63, 3.8) is 0 Å². The summed E-state index contributed by atoms with van der Waals surface area (Å²) in [6.45, 7) is 4.49. The first-order valence-corrected chi connectivity index (χ1v) is 8.48. The Labute approximate surface area is 141 Å². The van der Waals surface area contributed by atoms with Gasteiger partial charge in [-0.3, -0.25) is 4.98 Å². The minimum atomic E-state index is -0.0541. The van der Waals surface area contributed by atoms with Crippen molar-refractivity contribution in [2.75, 3.05) is 24.6 Å². The second-order valence-corrected chi connectivity index (χ2v) is 6.65.